The summed E-state index contributed by atoms with van der Waals surface area (Å²) in [4.78, 5) is 16.2. The van der Waals surface area contributed by atoms with Gasteiger partial charge in [0.15, 0.2) is 0 Å². The number of rotatable bonds is 3. The molecule has 2 rings (SSSR count). The molecular weight excluding hydrogens is 190 g/mol. The van der Waals surface area contributed by atoms with Crippen LogP contribution in [0.4, 0.5) is 4.79 Å². The van der Waals surface area contributed by atoms with E-state index in [2.05, 4.69) is 10.2 Å². The lowest BCUT2D eigenvalue weighted by molar-refractivity contribution is 0.0510. The molecule has 6 heteroatoms. The molecule has 0 aromatic carbocycles. The Morgan fingerprint density at radius 2 is 2.62 bits per heavy atom. The van der Waals surface area contributed by atoms with E-state index in [-0.39, 0.29) is 6.03 Å². The minimum Gasteiger partial charge on any atom is -0.317 e. The van der Waals surface area contributed by atoms with Gasteiger partial charge in [-0.25, -0.2) is 14.6 Å². The molecule has 0 unspecified atom stereocenters. The Balaban J connectivity index is 1.62. The van der Waals surface area contributed by atoms with E-state index in [0.29, 0.717) is 12.5 Å². The van der Waals surface area contributed by atoms with Gasteiger partial charge in [-0.1, -0.05) is 0 Å². The van der Waals surface area contributed by atoms with E-state index in [1.807, 2.05) is 0 Å². The average molecular weight is 201 g/mol. The van der Waals surface area contributed by atoms with Gasteiger partial charge in [-0.05, 0) is 18.8 Å². The molecule has 0 bridgehead atoms. The molecule has 1 aliphatic heterocycles. The summed E-state index contributed by atoms with van der Waals surface area (Å²) in [5.74, 6) is 0.653. The normalized spacial score (nSPS) is 20.2. The van der Waals surface area contributed by atoms with Gasteiger partial charge in [0.1, 0.15) is 0 Å². The van der Waals surface area contributed by atoms with Crippen molar-refractivity contribution in [2.45, 2.75) is 12.8 Å². The molecule has 0 saturated heterocycles. The standard InChI is InChI=1S/C7H11N3O2S/c11-7(10-4-3-8-13-10)9-12-5-6-1-2-6/h3-4,6,8H,1-2,5H2,(H,9,11). The Kier molecular flexibility index (Phi) is 2.60. The van der Waals surface area contributed by atoms with Gasteiger partial charge in [0, 0.05) is 12.4 Å². The predicted octanol–water partition coefficient (Wildman–Crippen LogP) is 0.977. The number of urea groups is 1. The zero-order valence-electron chi connectivity index (χ0n) is 7.03. The summed E-state index contributed by atoms with van der Waals surface area (Å²) in [6.45, 7) is 0.626. The fourth-order valence-corrected chi connectivity index (χ4v) is 1.35. The number of hydrogen-bond donors (Lipinski definition) is 2. The highest BCUT2D eigenvalue weighted by Crippen LogP contribution is 2.28. The molecule has 1 aliphatic carbocycles. The fraction of sp³-hybridized carbons (Fsp3) is 0.571. The Morgan fingerprint density at radius 3 is 3.23 bits per heavy atom. The van der Waals surface area contributed by atoms with Gasteiger partial charge in [0.2, 0.25) is 0 Å². The van der Waals surface area contributed by atoms with Crippen LogP contribution in [0.5, 0.6) is 0 Å². The molecule has 1 heterocycles. The molecule has 2 aliphatic rings. The summed E-state index contributed by atoms with van der Waals surface area (Å²) in [7, 11) is 0. The lowest BCUT2D eigenvalue weighted by atomic mass is 10.5. The van der Waals surface area contributed by atoms with Crippen molar-refractivity contribution in [3.63, 3.8) is 0 Å². The number of carbonyl (C=O) groups is 1. The van der Waals surface area contributed by atoms with Crippen LogP contribution in [0.3, 0.4) is 0 Å². The maximum Gasteiger partial charge on any atom is 0.356 e. The molecule has 2 N–H and O–H groups in total. The third-order valence-corrected chi connectivity index (χ3v) is 2.53. The van der Waals surface area contributed by atoms with Crippen molar-refractivity contribution >= 4 is 18.2 Å². The molecular formula is C7H11N3O2S. The van der Waals surface area contributed by atoms with Crippen LogP contribution in [0.1, 0.15) is 12.8 Å². The summed E-state index contributed by atoms with van der Waals surface area (Å²) >= 11 is 1.21. The van der Waals surface area contributed by atoms with Gasteiger partial charge in [-0.15, -0.1) is 0 Å². The SMILES string of the molecule is O=C(NOCC1CC1)N1C=CNS1. The topological polar surface area (TPSA) is 53.6 Å². The van der Waals surface area contributed by atoms with Crippen LogP contribution in [0, 0.1) is 5.92 Å². The highest BCUT2D eigenvalue weighted by atomic mass is 32.2. The van der Waals surface area contributed by atoms with Gasteiger partial charge in [-0.2, -0.15) is 0 Å². The minimum absolute atomic E-state index is 0.257. The van der Waals surface area contributed by atoms with Crippen LogP contribution in [-0.2, 0) is 4.84 Å². The van der Waals surface area contributed by atoms with Crippen LogP contribution in [0.25, 0.3) is 0 Å². The molecule has 5 nitrogen and oxygen atoms in total. The van der Waals surface area contributed by atoms with Crippen LogP contribution in [0.2, 0.25) is 0 Å². The third-order valence-electron chi connectivity index (χ3n) is 1.80. The first-order valence-corrected chi connectivity index (χ1v) is 4.94. The lowest BCUT2D eigenvalue weighted by Crippen LogP contribution is -2.32. The fourth-order valence-electron chi connectivity index (χ4n) is 0.876. The Morgan fingerprint density at radius 1 is 1.77 bits per heavy atom. The lowest BCUT2D eigenvalue weighted by Gasteiger charge is -2.11. The number of carbonyl (C=O) groups excluding carboxylic acids is 1. The van der Waals surface area contributed by atoms with E-state index in [1.54, 1.807) is 12.4 Å². The molecule has 0 atom stereocenters. The Labute approximate surface area is 80.7 Å². The molecule has 0 aromatic rings. The average Bonchev–Trinajstić information content (AvgIpc) is 2.80. The zero-order chi connectivity index (χ0) is 9.10. The number of amides is 2. The second kappa shape index (κ2) is 3.89. The predicted molar refractivity (Wildman–Crippen MR) is 48.9 cm³/mol. The van der Waals surface area contributed by atoms with Crippen molar-refractivity contribution in [1.29, 1.82) is 0 Å². The van der Waals surface area contributed by atoms with Gasteiger partial charge in [-0.3, -0.25) is 4.84 Å². The van der Waals surface area contributed by atoms with Crippen molar-refractivity contribution < 1.29 is 9.63 Å². The maximum atomic E-state index is 11.2. The van der Waals surface area contributed by atoms with E-state index in [1.165, 1.54) is 29.3 Å². The smallest absolute Gasteiger partial charge is 0.317 e. The zero-order valence-corrected chi connectivity index (χ0v) is 7.84. The first-order valence-electron chi connectivity index (χ1n) is 4.16. The van der Waals surface area contributed by atoms with Crippen LogP contribution in [-0.4, -0.2) is 16.9 Å². The summed E-state index contributed by atoms with van der Waals surface area (Å²) in [5, 5.41) is 0. The van der Waals surface area contributed by atoms with E-state index in [4.69, 9.17) is 4.84 Å². The molecule has 72 valence electrons. The quantitative estimate of drug-likeness (QED) is 0.528. The summed E-state index contributed by atoms with van der Waals surface area (Å²) in [6.07, 6.45) is 5.76. The summed E-state index contributed by atoms with van der Waals surface area (Å²) in [6, 6.07) is -0.257. The summed E-state index contributed by atoms with van der Waals surface area (Å²) < 4.78 is 4.23. The first kappa shape index (κ1) is 8.71. The largest absolute Gasteiger partial charge is 0.356 e. The van der Waals surface area contributed by atoms with Crippen LogP contribution in [0.15, 0.2) is 12.4 Å². The second-order valence-electron chi connectivity index (χ2n) is 3.01. The Bertz CT molecular complexity index is 230. The molecule has 0 aromatic heterocycles. The molecule has 0 spiro atoms. The molecule has 2 amide bonds. The minimum atomic E-state index is -0.257. The number of hydrogen-bond acceptors (Lipinski definition) is 4. The van der Waals surface area contributed by atoms with Crippen molar-refractivity contribution in [3.05, 3.63) is 12.4 Å². The summed E-state index contributed by atoms with van der Waals surface area (Å²) in [5.41, 5.74) is 2.37. The van der Waals surface area contributed by atoms with Gasteiger partial charge in [0.25, 0.3) is 0 Å². The van der Waals surface area contributed by atoms with Crippen molar-refractivity contribution in [2.75, 3.05) is 6.61 Å². The number of nitrogens with zero attached hydrogens (tertiary/aromatic N) is 1. The van der Waals surface area contributed by atoms with E-state index < -0.39 is 0 Å². The second-order valence-corrected chi connectivity index (χ2v) is 3.82. The van der Waals surface area contributed by atoms with Crippen LogP contribution < -0.4 is 10.2 Å². The Hall–Kier alpha value is -0.880. The van der Waals surface area contributed by atoms with Gasteiger partial charge in [0.05, 0.1) is 18.7 Å². The number of nitrogens with one attached hydrogen (secondary N) is 2. The van der Waals surface area contributed by atoms with Gasteiger partial charge < -0.3 is 4.72 Å². The highest BCUT2D eigenvalue weighted by Gasteiger charge is 2.22. The molecule has 1 fully saturated rings. The van der Waals surface area contributed by atoms with E-state index in [9.17, 15) is 4.79 Å². The van der Waals surface area contributed by atoms with Crippen molar-refractivity contribution in [2.24, 2.45) is 5.92 Å². The molecule has 1 saturated carbocycles. The van der Waals surface area contributed by atoms with E-state index >= 15 is 0 Å². The molecule has 0 radical (unpaired) electrons. The van der Waals surface area contributed by atoms with Gasteiger partial charge >= 0.3 is 6.03 Å². The first-order chi connectivity index (χ1) is 6.36. The third kappa shape index (κ3) is 2.53. The van der Waals surface area contributed by atoms with E-state index in [0.717, 1.165) is 0 Å². The number of hydroxylamine groups is 1. The van der Waals surface area contributed by atoms with Crippen molar-refractivity contribution in [1.82, 2.24) is 14.5 Å². The highest BCUT2D eigenvalue weighted by molar-refractivity contribution is 7.96. The molecule has 13 heavy (non-hydrogen) atoms. The van der Waals surface area contributed by atoms with Crippen LogP contribution >= 0.6 is 12.1 Å². The monoisotopic (exact) mass is 201 g/mol. The maximum absolute atomic E-state index is 11.2. The van der Waals surface area contributed by atoms with Crippen molar-refractivity contribution in [3.8, 4) is 0 Å².